The summed E-state index contributed by atoms with van der Waals surface area (Å²) in [6, 6.07) is 17.2. The first-order valence-corrected chi connectivity index (χ1v) is 8.78. The van der Waals surface area contributed by atoms with Gasteiger partial charge in [-0.15, -0.1) is 10.2 Å². The number of rotatable bonds is 5. The Kier molecular flexibility index (Phi) is 4.84. The molecule has 1 aliphatic heterocycles. The van der Waals surface area contributed by atoms with Crippen LogP contribution in [0, 0.1) is 0 Å². The van der Waals surface area contributed by atoms with Crippen LogP contribution >= 0.6 is 0 Å². The van der Waals surface area contributed by atoms with Gasteiger partial charge < -0.3 is 14.1 Å². The van der Waals surface area contributed by atoms with E-state index in [0.29, 0.717) is 43.7 Å². The van der Waals surface area contributed by atoms with E-state index in [2.05, 4.69) is 10.2 Å². The molecule has 2 aromatic carbocycles. The maximum absolute atomic E-state index is 12.7. The molecule has 0 spiro atoms. The summed E-state index contributed by atoms with van der Waals surface area (Å²) < 4.78 is 11.1. The average Bonchev–Trinajstić information content (AvgIpc) is 3.17. The zero-order chi connectivity index (χ0) is 18.6. The molecule has 27 heavy (non-hydrogen) atoms. The number of ether oxygens (including phenoxy) is 1. The van der Waals surface area contributed by atoms with Gasteiger partial charge in [-0.05, 0) is 24.3 Å². The molecular weight excluding hydrogens is 344 g/mol. The van der Waals surface area contributed by atoms with Crippen LogP contribution in [0.3, 0.4) is 0 Å². The van der Waals surface area contributed by atoms with E-state index in [9.17, 15) is 4.79 Å². The number of para-hydroxylation sites is 2. The van der Waals surface area contributed by atoms with E-state index < -0.39 is 0 Å². The Balaban J connectivity index is 1.42. The molecule has 0 atom stereocenters. The van der Waals surface area contributed by atoms with Crippen LogP contribution in [0.1, 0.15) is 5.89 Å². The molecule has 7 nitrogen and oxygen atoms in total. The van der Waals surface area contributed by atoms with Crippen LogP contribution in [-0.4, -0.2) is 47.7 Å². The molecular formula is C20H20N4O3. The number of carbonyl (C=O) groups is 1. The predicted octanol–water partition coefficient (Wildman–Crippen LogP) is 2.59. The first kappa shape index (κ1) is 17.2. The number of nitrogens with zero attached hydrogens (tertiary/aromatic N) is 4. The monoisotopic (exact) mass is 364 g/mol. The molecule has 0 N–H and O–H groups in total. The van der Waals surface area contributed by atoms with Gasteiger partial charge in [0.05, 0.1) is 25.9 Å². The molecule has 0 aliphatic carbocycles. The Morgan fingerprint density at radius 1 is 1.04 bits per heavy atom. The molecule has 0 saturated carbocycles. The van der Waals surface area contributed by atoms with Crippen molar-refractivity contribution in [2.45, 2.75) is 6.54 Å². The Labute approximate surface area is 157 Å². The lowest BCUT2D eigenvalue weighted by molar-refractivity contribution is -0.121. The van der Waals surface area contributed by atoms with Crippen molar-refractivity contribution >= 4 is 11.6 Å². The van der Waals surface area contributed by atoms with E-state index in [0.717, 1.165) is 11.3 Å². The number of amides is 1. The summed E-state index contributed by atoms with van der Waals surface area (Å²) in [6.45, 7) is 2.04. The van der Waals surface area contributed by atoms with Crippen LogP contribution in [0.5, 0.6) is 5.75 Å². The summed E-state index contributed by atoms with van der Waals surface area (Å²) in [6.07, 6.45) is 0. The van der Waals surface area contributed by atoms with E-state index in [1.54, 1.807) is 12.0 Å². The van der Waals surface area contributed by atoms with E-state index in [1.807, 2.05) is 59.5 Å². The SMILES string of the molecule is COc1ccccc1N1CCN(Cc2nnc(-c3ccccc3)o2)CC1=O. The maximum atomic E-state index is 12.7. The highest BCUT2D eigenvalue weighted by Crippen LogP contribution is 2.29. The molecule has 138 valence electrons. The molecule has 0 unspecified atom stereocenters. The Hall–Kier alpha value is -3.19. The molecule has 1 aromatic heterocycles. The molecule has 0 bridgehead atoms. The lowest BCUT2D eigenvalue weighted by Gasteiger charge is -2.34. The summed E-state index contributed by atoms with van der Waals surface area (Å²) >= 11 is 0. The third kappa shape index (κ3) is 3.68. The number of aromatic nitrogens is 2. The number of anilines is 1. The Bertz CT molecular complexity index is 926. The second-order valence-corrected chi connectivity index (χ2v) is 6.29. The largest absolute Gasteiger partial charge is 0.495 e. The van der Waals surface area contributed by atoms with Crippen LogP contribution in [0.25, 0.3) is 11.5 Å². The predicted molar refractivity (Wildman–Crippen MR) is 100 cm³/mol. The number of methoxy groups -OCH3 is 1. The zero-order valence-corrected chi connectivity index (χ0v) is 15.0. The van der Waals surface area contributed by atoms with Gasteiger partial charge in [-0.3, -0.25) is 9.69 Å². The third-order valence-corrected chi connectivity index (χ3v) is 4.52. The molecule has 2 heterocycles. The smallest absolute Gasteiger partial charge is 0.247 e. The first-order chi connectivity index (χ1) is 13.2. The fourth-order valence-corrected chi connectivity index (χ4v) is 3.17. The lowest BCUT2D eigenvalue weighted by Crippen LogP contribution is -2.50. The highest BCUT2D eigenvalue weighted by atomic mass is 16.5. The Morgan fingerprint density at radius 2 is 1.81 bits per heavy atom. The van der Waals surface area contributed by atoms with Crippen molar-refractivity contribution in [3.63, 3.8) is 0 Å². The Morgan fingerprint density at radius 3 is 2.59 bits per heavy atom. The van der Waals surface area contributed by atoms with Gasteiger partial charge in [-0.1, -0.05) is 30.3 Å². The first-order valence-electron chi connectivity index (χ1n) is 8.78. The van der Waals surface area contributed by atoms with Crippen LogP contribution in [0.2, 0.25) is 0 Å². The van der Waals surface area contributed by atoms with Crippen molar-refractivity contribution in [1.82, 2.24) is 15.1 Å². The summed E-state index contributed by atoms with van der Waals surface area (Å²) in [5.41, 5.74) is 1.68. The summed E-state index contributed by atoms with van der Waals surface area (Å²) in [5.74, 6) is 1.72. The minimum atomic E-state index is 0.0218. The van der Waals surface area contributed by atoms with Crippen LogP contribution < -0.4 is 9.64 Å². The molecule has 1 amide bonds. The van der Waals surface area contributed by atoms with Crippen LogP contribution in [0.15, 0.2) is 59.0 Å². The second-order valence-electron chi connectivity index (χ2n) is 6.29. The number of benzene rings is 2. The van der Waals surface area contributed by atoms with Crippen molar-refractivity contribution in [1.29, 1.82) is 0 Å². The van der Waals surface area contributed by atoms with E-state index in [4.69, 9.17) is 9.15 Å². The molecule has 1 fully saturated rings. The molecule has 3 aromatic rings. The minimum Gasteiger partial charge on any atom is -0.495 e. The fraction of sp³-hybridized carbons (Fsp3) is 0.250. The number of carbonyl (C=O) groups excluding carboxylic acids is 1. The van der Waals surface area contributed by atoms with E-state index >= 15 is 0 Å². The zero-order valence-electron chi connectivity index (χ0n) is 15.0. The average molecular weight is 364 g/mol. The molecule has 1 aliphatic rings. The maximum Gasteiger partial charge on any atom is 0.247 e. The number of hydrogen-bond donors (Lipinski definition) is 0. The van der Waals surface area contributed by atoms with Gasteiger partial charge in [-0.25, -0.2) is 0 Å². The number of piperazine rings is 1. The van der Waals surface area contributed by atoms with Gasteiger partial charge in [-0.2, -0.15) is 0 Å². The second kappa shape index (κ2) is 7.59. The summed E-state index contributed by atoms with van der Waals surface area (Å²) in [4.78, 5) is 16.4. The molecule has 0 radical (unpaired) electrons. The van der Waals surface area contributed by atoms with Gasteiger partial charge in [0.25, 0.3) is 0 Å². The minimum absolute atomic E-state index is 0.0218. The highest BCUT2D eigenvalue weighted by Gasteiger charge is 2.27. The standard InChI is InChI=1S/C20H20N4O3/c1-26-17-10-6-5-9-16(17)24-12-11-23(14-19(24)25)13-18-21-22-20(27-18)15-7-3-2-4-8-15/h2-10H,11-14H2,1H3. The van der Waals surface area contributed by atoms with Crippen molar-refractivity contribution in [2.24, 2.45) is 0 Å². The fourth-order valence-electron chi connectivity index (χ4n) is 3.17. The number of hydrogen-bond acceptors (Lipinski definition) is 6. The molecule has 1 saturated heterocycles. The normalized spacial score (nSPS) is 15.1. The van der Waals surface area contributed by atoms with Gasteiger partial charge >= 0.3 is 0 Å². The molecule has 4 rings (SSSR count). The third-order valence-electron chi connectivity index (χ3n) is 4.52. The van der Waals surface area contributed by atoms with Crippen LogP contribution in [-0.2, 0) is 11.3 Å². The van der Waals surface area contributed by atoms with Gasteiger partial charge in [0, 0.05) is 18.7 Å². The highest BCUT2D eigenvalue weighted by molar-refractivity contribution is 5.96. The summed E-state index contributed by atoms with van der Waals surface area (Å²) in [5, 5.41) is 8.21. The van der Waals surface area contributed by atoms with E-state index in [1.165, 1.54) is 0 Å². The van der Waals surface area contributed by atoms with Crippen molar-refractivity contribution in [3.05, 3.63) is 60.5 Å². The summed E-state index contributed by atoms with van der Waals surface area (Å²) in [7, 11) is 1.61. The van der Waals surface area contributed by atoms with Gasteiger partial charge in [0.1, 0.15) is 5.75 Å². The van der Waals surface area contributed by atoms with Crippen molar-refractivity contribution in [2.75, 3.05) is 31.6 Å². The van der Waals surface area contributed by atoms with E-state index in [-0.39, 0.29) is 5.91 Å². The quantitative estimate of drug-likeness (QED) is 0.693. The van der Waals surface area contributed by atoms with Crippen LogP contribution in [0.4, 0.5) is 5.69 Å². The molecule has 7 heteroatoms. The van der Waals surface area contributed by atoms with Crippen molar-refractivity contribution in [3.8, 4) is 17.2 Å². The van der Waals surface area contributed by atoms with Crippen molar-refractivity contribution < 1.29 is 13.9 Å². The topological polar surface area (TPSA) is 71.7 Å². The lowest BCUT2D eigenvalue weighted by atomic mass is 10.2. The van der Waals surface area contributed by atoms with Gasteiger partial charge in [0.2, 0.25) is 17.7 Å². The van der Waals surface area contributed by atoms with Gasteiger partial charge in [0.15, 0.2) is 0 Å².